The van der Waals surface area contributed by atoms with E-state index in [4.69, 9.17) is 14.4 Å². The maximum absolute atomic E-state index is 6.80. The predicted molar refractivity (Wildman–Crippen MR) is 212 cm³/mol. The van der Waals surface area contributed by atoms with Gasteiger partial charge in [-0.05, 0) is 87.3 Å². The zero-order valence-corrected chi connectivity index (χ0v) is 27.6. The molecule has 0 spiro atoms. The van der Waals surface area contributed by atoms with Crippen LogP contribution in [0.4, 0.5) is 0 Å². The van der Waals surface area contributed by atoms with Crippen molar-refractivity contribution in [2.45, 2.75) is 0 Å². The normalized spacial score (nSPS) is 11.5. The van der Waals surface area contributed by atoms with E-state index in [1.165, 1.54) is 22.3 Å². The largest absolute Gasteiger partial charge is 0.455 e. The Kier molecular flexibility index (Phi) is 6.81. The van der Waals surface area contributed by atoms with Gasteiger partial charge < -0.3 is 4.42 Å². The van der Waals surface area contributed by atoms with E-state index in [0.29, 0.717) is 0 Å². The fraction of sp³-hybridized carbons (Fsp3) is 0. The SMILES string of the molecule is c1ccc(-c2cc(-c3ccccc3)cc(-c3ccc4c(c3)oc3c5ccccc5c(-c5nc6ccccc6nc5-c5ccccc5)cc43)c2)cc1. The van der Waals surface area contributed by atoms with Gasteiger partial charge >= 0.3 is 0 Å². The molecule has 8 aromatic carbocycles. The van der Waals surface area contributed by atoms with Crippen LogP contribution in [0.3, 0.4) is 0 Å². The molecule has 3 nitrogen and oxygen atoms in total. The summed E-state index contributed by atoms with van der Waals surface area (Å²) >= 11 is 0. The molecule has 0 radical (unpaired) electrons. The smallest absolute Gasteiger partial charge is 0.143 e. The Labute approximate surface area is 295 Å². The molecule has 0 atom stereocenters. The van der Waals surface area contributed by atoms with Crippen molar-refractivity contribution in [2.75, 3.05) is 0 Å². The van der Waals surface area contributed by atoms with Gasteiger partial charge in [0, 0.05) is 27.3 Å². The van der Waals surface area contributed by atoms with E-state index in [0.717, 1.165) is 77.4 Å². The molecule has 0 saturated carbocycles. The van der Waals surface area contributed by atoms with E-state index in [-0.39, 0.29) is 0 Å². The van der Waals surface area contributed by atoms with Crippen LogP contribution in [0.2, 0.25) is 0 Å². The van der Waals surface area contributed by atoms with Crippen molar-refractivity contribution < 1.29 is 4.42 Å². The van der Waals surface area contributed by atoms with Crippen LogP contribution in [0.5, 0.6) is 0 Å². The van der Waals surface area contributed by atoms with E-state index in [9.17, 15) is 0 Å². The minimum absolute atomic E-state index is 0.851. The van der Waals surface area contributed by atoms with Crippen LogP contribution in [-0.4, -0.2) is 9.97 Å². The van der Waals surface area contributed by atoms with Crippen molar-refractivity contribution in [1.82, 2.24) is 9.97 Å². The summed E-state index contributed by atoms with van der Waals surface area (Å²) in [5.41, 5.74) is 14.2. The molecule has 2 heterocycles. The summed E-state index contributed by atoms with van der Waals surface area (Å²) in [6, 6.07) is 63.8. The monoisotopic (exact) mass is 650 g/mol. The summed E-state index contributed by atoms with van der Waals surface area (Å²) in [6.45, 7) is 0. The second-order valence-electron chi connectivity index (χ2n) is 13.0. The summed E-state index contributed by atoms with van der Waals surface area (Å²) in [6.07, 6.45) is 0. The maximum atomic E-state index is 6.80. The summed E-state index contributed by atoms with van der Waals surface area (Å²) in [7, 11) is 0. The highest BCUT2D eigenvalue weighted by molar-refractivity contribution is 6.20. The first-order valence-corrected chi connectivity index (χ1v) is 17.2. The molecule has 2 aromatic heterocycles. The fourth-order valence-electron chi connectivity index (χ4n) is 7.35. The molecule has 0 aliphatic carbocycles. The highest BCUT2D eigenvalue weighted by Crippen LogP contribution is 2.43. The minimum atomic E-state index is 0.851. The van der Waals surface area contributed by atoms with Gasteiger partial charge in [-0.2, -0.15) is 0 Å². The second kappa shape index (κ2) is 11.9. The molecule has 0 fully saturated rings. The van der Waals surface area contributed by atoms with E-state index in [1.807, 2.05) is 30.3 Å². The molecule has 10 aromatic rings. The lowest BCUT2D eigenvalue weighted by molar-refractivity contribution is 0.673. The van der Waals surface area contributed by atoms with Crippen LogP contribution in [-0.2, 0) is 0 Å². The van der Waals surface area contributed by atoms with Gasteiger partial charge in [0.25, 0.3) is 0 Å². The molecule has 51 heavy (non-hydrogen) atoms. The number of nitrogens with zero attached hydrogens (tertiary/aromatic N) is 2. The van der Waals surface area contributed by atoms with Crippen molar-refractivity contribution in [3.8, 4) is 55.9 Å². The third kappa shape index (κ3) is 5.06. The number of benzene rings is 8. The van der Waals surface area contributed by atoms with Gasteiger partial charge in [-0.15, -0.1) is 0 Å². The van der Waals surface area contributed by atoms with Crippen molar-refractivity contribution in [3.05, 3.63) is 182 Å². The average molecular weight is 651 g/mol. The third-order valence-corrected chi connectivity index (χ3v) is 9.83. The Morgan fingerprint density at radius 1 is 0.314 bits per heavy atom. The van der Waals surface area contributed by atoms with Gasteiger partial charge in [0.15, 0.2) is 0 Å². The first-order chi connectivity index (χ1) is 25.3. The van der Waals surface area contributed by atoms with Crippen LogP contribution in [0.25, 0.3) is 99.6 Å². The van der Waals surface area contributed by atoms with Crippen LogP contribution in [0, 0.1) is 0 Å². The number of furan rings is 1. The second-order valence-corrected chi connectivity index (χ2v) is 13.0. The van der Waals surface area contributed by atoms with E-state index < -0.39 is 0 Å². The lowest BCUT2D eigenvalue weighted by Crippen LogP contribution is -1.96. The third-order valence-electron chi connectivity index (χ3n) is 9.83. The van der Waals surface area contributed by atoms with Crippen molar-refractivity contribution in [3.63, 3.8) is 0 Å². The fourth-order valence-corrected chi connectivity index (χ4v) is 7.35. The first-order valence-electron chi connectivity index (χ1n) is 17.2. The molecule has 10 rings (SSSR count). The Morgan fingerprint density at radius 2 is 0.824 bits per heavy atom. The van der Waals surface area contributed by atoms with Gasteiger partial charge in [-0.1, -0.05) is 133 Å². The molecular weight excluding hydrogens is 621 g/mol. The number of hydrogen-bond donors (Lipinski definition) is 0. The standard InChI is InChI=1S/C48H30N2O/c1-4-14-31(15-5-1)35-26-36(32-16-6-2-7-17-32)28-37(27-35)34-24-25-39-42-30-41(38-20-10-11-21-40(38)48(42)51-45(39)29-34)47-46(33-18-8-3-9-19-33)49-43-22-12-13-23-44(43)50-47/h1-30H. The van der Waals surface area contributed by atoms with Gasteiger partial charge in [0.2, 0.25) is 0 Å². The Bertz CT molecular complexity index is 2840. The Morgan fingerprint density at radius 3 is 1.45 bits per heavy atom. The first kappa shape index (κ1) is 29.1. The van der Waals surface area contributed by atoms with Crippen LogP contribution in [0.15, 0.2) is 186 Å². The zero-order chi connectivity index (χ0) is 33.7. The maximum Gasteiger partial charge on any atom is 0.143 e. The zero-order valence-electron chi connectivity index (χ0n) is 27.6. The van der Waals surface area contributed by atoms with E-state index in [1.54, 1.807) is 0 Å². The summed E-state index contributed by atoms with van der Waals surface area (Å²) in [4.78, 5) is 10.4. The van der Waals surface area contributed by atoms with Crippen LogP contribution in [0.1, 0.15) is 0 Å². The molecule has 0 amide bonds. The summed E-state index contributed by atoms with van der Waals surface area (Å²) in [5, 5.41) is 4.25. The highest BCUT2D eigenvalue weighted by Gasteiger charge is 2.20. The van der Waals surface area contributed by atoms with Gasteiger partial charge in [0.1, 0.15) is 11.2 Å². The molecular formula is C48H30N2O. The molecule has 3 heteroatoms. The number of para-hydroxylation sites is 2. The Hall–Kier alpha value is -6.84. The molecule has 0 bridgehead atoms. The molecule has 0 aliphatic heterocycles. The number of rotatable bonds is 5. The van der Waals surface area contributed by atoms with Crippen LogP contribution >= 0.6 is 0 Å². The van der Waals surface area contributed by atoms with Crippen molar-refractivity contribution >= 4 is 43.7 Å². The number of hydrogen-bond acceptors (Lipinski definition) is 3. The molecule has 0 N–H and O–H groups in total. The summed E-state index contributed by atoms with van der Waals surface area (Å²) < 4.78 is 6.80. The molecule has 238 valence electrons. The predicted octanol–water partition coefficient (Wildman–Crippen LogP) is 13.0. The highest BCUT2D eigenvalue weighted by atomic mass is 16.3. The summed E-state index contributed by atoms with van der Waals surface area (Å²) in [5.74, 6) is 0. The molecule has 0 unspecified atom stereocenters. The molecule has 0 aliphatic rings. The molecule has 0 saturated heterocycles. The van der Waals surface area contributed by atoms with Crippen LogP contribution < -0.4 is 0 Å². The van der Waals surface area contributed by atoms with E-state index >= 15 is 0 Å². The topological polar surface area (TPSA) is 38.9 Å². The Balaban J connectivity index is 1.19. The number of fused-ring (bicyclic) bond motifs is 6. The van der Waals surface area contributed by atoms with Gasteiger partial charge in [-0.3, -0.25) is 0 Å². The van der Waals surface area contributed by atoms with Gasteiger partial charge in [-0.25, -0.2) is 9.97 Å². The lowest BCUT2D eigenvalue weighted by Gasteiger charge is -2.13. The lowest BCUT2D eigenvalue weighted by atomic mass is 9.92. The van der Waals surface area contributed by atoms with Crippen molar-refractivity contribution in [2.24, 2.45) is 0 Å². The quantitative estimate of drug-likeness (QED) is 0.186. The minimum Gasteiger partial charge on any atom is -0.455 e. The average Bonchev–Trinajstić information content (AvgIpc) is 3.59. The van der Waals surface area contributed by atoms with Crippen molar-refractivity contribution in [1.29, 1.82) is 0 Å². The van der Waals surface area contributed by atoms with E-state index in [2.05, 4.69) is 152 Å². The van der Waals surface area contributed by atoms with Gasteiger partial charge in [0.05, 0.1) is 22.4 Å². The number of aromatic nitrogens is 2.